The van der Waals surface area contributed by atoms with Crippen molar-refractivity contribution < 1.29 is 46.0 Å². The minimum absolute atomic E-state index is 0.0613. The summed E-state index contributed by atoms with van der Waals surface area (Å²) in [5.41, 5.74) is -0.495. The molecule has 3 aliphatic carbocycles. The van der Waals surface area contributed by atoms with E-state index in [4.69, 9.17) is 18.4 Å². The minimum atomic E-state index is -4.23. The standard InChI is InChI=1S/C43H60N2O10S/c1-27-10-16-32(17-11-27)56(50,51)53-26-35(46)54-34-24-41(7,37(47)29(3)43-20-18-28(2)42(34,8)36(43)33(52-9)19-21-43)22-23-44-38(48)31-14-12-30(13-15-31)25-45-39(49)55-40(4,5)6/h10-17,28-29,33-34,36H,18-26H2,1-9H3,(H,44,48)(H,45,49)/t28-,29+,33-,34-,36+,41+,42+,43+/m1/s1. The van der Waals surface area contributed by atoms with Gasteiger partial charge >= 0.3 is 12.1 Å². The predicted molar refractivity (Wildman–Crippen MR) is 210 cm³/mol. The third kappa shape index (κ3) is 9.00. The van der Waals surface area contributed by atoms with Crippen LogP contribution in [0.3, 0.4) is 0 Å². The van der Waals surface area contributed by atoms with Gasteiger partial charge in [-0.1, -0.05) is 57.5 Å². The first-order valence-corrected chi connectivity index (χ1v) is 21.1. The second kappa shape index (κ2) is 16.6. The molecule has 308 valence electrons. The average molecular weight is 797 g/mol. The molecule has 0 unspecified atom stereocenters. The molecule has 3 aliphatic rings. The molecule has 0 aliphatic heterocycles. The maximum Gasteiger partial charge on any atom is 0.407 e. The Bertz CT molecular complexity index is 1870. The van der Waals surface area contributed by atoms with Crippen molar-refractivity contribution in [1.82, 2.24) is 10.6 Å². The van der Waals surface area contributed by atoms with Crippen LogP contribution in [0.2, 0.25) is 0 Å². The van der Waals surface area contributed by atoms with E-state index in [-0.39, 0.29) is 65.4 Å². The van der Waals surface area contributed by atoms with Gasteiger partial charge in [-0.05, 0) is 107 Å². The topological polar surface area (TPSA) is 163 Å². The molecule has 2 N–H and O–H groups in total. The molecular weight excluding hydrogens is 737 g/mol. The van der Waals surface area contributed by atoms with Crippen LogP contribution in [0, 0.1) is 40.9 Å². The summed E-state index contributed by atoms with van der Waals surface area (Å²) in [6.07, 6.45) is 2.32. The van der Waals surface area contributed by atoms with Gasteiger partial charge in [-0.2, -0.15) is 8.42 Å². The van der Waals surface area contributed by atoms with Crippen LogP contribution in [0.1, 0.15) is 108 Å². The van der Waals surface area contributed by atoms with Crippen LogP contribution in [0.4, 0.5) is 4.79 Å². The summed E-state index contributed by atoms with van der Waals surface area (Å²) in [7, 11) is -2.53. The Hall–Kier alpha value is -3.81. The van der Waals surface area contributed by atoms with E-state index in [2.05, 4.69) is 24.5 Å². The second-order valence-electron chi connectivity index (χ2n) is 17.7. The number of methoxy groups -OCH3 is 1. The molecule has 0 aromatic heterocycles. The molecule has 2 aromatic rings. The Morgan fingerprint density at radius 3 is 2.20 bits per heavy atom. The lowest BCUT2D eigenvalue weighted by Gasteiger charge is -2.62. The number of Topliss-reactive ketones (excluding diaryl/α,β-unsaturated/α-hetero) is 1. The highest BCUT2D eigenvalue weighted by Crippen LogP contribution is 2.69. The van der Waals surface area contributed by atoms with Gasteiger partial charge in [0, 0.05) is 48.4 Å². The second-order valence-corrected chi connectivity index (χ2v) is 19.4. The van der Waals surface area contributed by atoms with E-state index in [9.17, 15) is 27.6 Å². The third-order valence-corrected chi connectivity index (χ3v) is 14.4. The molecule has 56 heavy (non-hydrogen) atoms. The van der Waals surface area contributed by atoms with E-state index >= 15 is 0 Å². The van der Waals surface area contributed by atoms with Gasteiger partial charge < -0.3 is 24.8 Å². The number of hydrogen-bond donors (Lipinski definition) is 2. The highest BCUT2D eigenvalue weighted by atomic mass is 32.2. The molecule has 13 heteroatoms. The fourth-order valence-corrected chi connectivity index (χ4v) is 10.7. The van der Waals surface area contributed by atoms with Crippen LogP contribution in [0.15, 0.2) is 53.4 Å². The Labute approximate surface area is 332 Å². The fourth-order valence-electron chi connectivity index (χ4n) is 9.80. The largest absolute Gasteiger partial charge is 0.460 e. The van der Waals surface area contributed by atoms with E-state index in [0.29, 0.717) is 12.0 Å². The van der Waals surface area contributed by atoms with Crippen molar-refractivity contribution in [3.8, 4) is 0 Å². The van der Waals surface area contributed by atoms with Crippen LogP contribution >= 0.6 is 0 Å². The number of aryl methyl sites for hydroxylation is 1. The van der Waals surface area contributed by atoms with Crippen LogP contribution in [-0.2, 0) is 44.6 Å². The first-order valence-electron chi connectivity index (χ1n) is 19.7. The maximum atomic E-state index is 14.8. The number of carbonyl (C=O) groups is 4. The number of ketones is 1. The van der Waals surface area contributed by atoms with Crippen molar-refractivity contribution in [3.63, 3.8) is 0 Å². The molecule has 0 spiro atoms. The summed E-state index contributed by atoms with van der Waals surface area (Å²) in [5, 5.41) is 5.69. The van der Waals surface area contributed by atoms with Gasteiger partial charge in [-0.3, -0.25) is 13.8 Å². The monoisotopic (exact) mass is 796 g/mol. The molecule has 12 nitrogen and oxygen atoms in total. The van der Waals surface area contributed by atoms with Crippen LogP contribution in [0.5, 0.6) is 0 Å². The summed E-state index contributed by atoms with van der Waals surface area (Å²) in [4.78, 5) is 53.8. The quantitative estimate of drug-likeness (QED) is 0.170. The first kappa shape index (κ1) is 43.3. The van der Waals surface area contributed by atoms with Gasteiger partial charge in [-0.25, -0.2) is 9.59 Å². The van der Waals surface area contributed by atoms with E-state index in [1.165, 1.54) is 12.1 Å². The van der Waals surface area contributed by atoms with Gasteiger partial charge in [0.05, 0.1) is 11.0 Å². The molecule has 2 amide bonds. The smallest absolute Gasteiger partial charge is 0.407 e. The molecule has 0 heterocycles. The summed E-state index contributed by atoms with van der Waals surface area (Å²) in [6.45, 7) is 15.1. The molecule has 0 saturated heterocycles. The summed E-state index contributed by atoms with van der Waals surface area (Å²) in [6, 6.07) is 13.0. The summed E-state index contributed by atoms with van der Waals surface area (Å²) in [5.74, 6) is -1.37. The van der Waals surface area contributed by atoms with Gasteiger partial charge in [-0.15, -0.1) is 0 Å². The van der Waals surface area contributed by atoms with Gasteiger partial charge in [0.25, 0.3) is 16.0 Å². The van der Waals surface area contributed by atoms with Crippen molar-refractivity contribution in [1.29, 1.82) is 0 Å². The molecule has 3 fully saturated rings. The lowest BCUT2D eigenvalue weighted by Crippen LogP contribution is -2.63. The van der Waals surface area contributed by atoms with E-state index in [1.807, 2.05) is 20.8 Å². The van der Waals surface area contributed by atoms with E-state index in [1.54, 1.807) is 64.3 Å². The predicted octanol–water partition coefficient (Wildman–Crippen LogP) is 6.92. The van der Waals surface area contributed by atoms with E-state index < -0.39 is 51.3 Å². The van der Waals surface area contributed by atoms with Crippen LogP contribution < -0.4 is 10.6 Å². The Morgan fingerprint density at radius 1 is 0.929 bits per heavy atom. The number of hydrogen-bond acceptors (Lipinski definition) is 10. The Morgan fingerprint density at radius 2 is 1.57 bits per heavy atom. The number of benzene rings is 2. The number of rotatable bonds is 12. The zero-order valence-electron chi connectivity index (χ0n) is 34.4. The zero-order valence-corrected chi connectivity index (χ0v) is 35.2. The Balaban J connectivity index is 1.34. The third-order valence-electron chi connectivity index (χ3n) is 13.1. The van der Waals surface area contributed by atoms with E-state index in [0.717, 1.165) is 36.8 Å². The molecule has 8 atom stereocenters. The van der Waals surface area contributed by atoms with Crippen molar-refractivity contribution in [3.05, 3.63) is 65.2 Å². The van der Waals surface area contributed by atoms with Crippen molar-refractivity contribution >= 4 is 33.9 Å². The molecular formula is C43H60N2O10S. The van der Waals surface area contributed by atoms with Crippen LogP contribution in [0.25, 0.3) is 0 Å². The highest BCUT2D eigenvalue weighted by Gasteiger charge is 2.68. The normalized spacial score (nSPS) is 30.4. The average Bonchev–Trinajstić information content (AvgIpc) is 3.54. The van der Waals surface area contributed by atoms with Crippen molar-refractivity contribution in [2.75, 3.05) is 20.3 Å². The molecule has 0 radical (unpaired) electrons. The summed E-state index contributed by atoms with van der Waals surface area (Å²) < 4.78 is 48.9. The first-order chi connectivity index (χ1) is 26.1. The molecule has 2 bridgehead atoms. The van der Waals surface area contributed by atoms with Gasteiger partial charge in [0.15, 0.2) is 6.61 Å². The maximum absolute atomic E-state index is 14.8. The van der Waals surface area contributed by atoms with Crippen molar-refractivity contribution in [2.45, 2.75) is 123 Å². The number of alkyl carbamates (subject to hydrolysis) is 1. The van der Waals surface area contributed by atoms with Crippen LogP contribution in [-0.4, -0.2) is 70.2 Å². The summed E-state index contributed by atoms with van der Waals surface area (Å²) >= 11 is 0. The molecule has 3 saturated carbocycles. The molecule has 2 aromatic carbocycles. The van der Waals surface area contributed by atoms with Gasteiger partial charge in [0.2, 0.25) is 0 Å². The SMILES string of the molecule is CO[C@@H]1CC[C@]23CC[C@@H](C)[C@](C)([C@H]12)[C@H](OC(=O)COS(=O)(=O)c1ccc(C)cc1)C[C@](C)(CCNC(=O)c1ccc(CNC(=O)OC(C)(C)C)cc1)C(=O)[C@@H]3C. The Kier molecular flexibility index (Phi) is 12.8. The number of esters is 1. The fraction of sp³-hybridized carbons (Fsp3) is 0.628. The lowest BCUT2D eigenvalue weighted by atomic mass is 9.43. The number of amides is 2. The number of ether oxygens (including phenoxy) is 3. The molecule has 5 rings (SSSR count). The zero-order chi connectivity index (χ0) is 41.3. The highest BCUT2D eigenvalue weighted by molar-refractivity contribution is 7.86. The lowest BCUT2D eigenvalue weighted by molar-refractivity contribution is -0.207. The van der Waals surface area contributed by atoms with Crippen molar-refractivity contribution in [2.24, 2.45) is 34.0 Å². The number of carbonyl (C=O) groups excluding carboxylic acids is 4. The number of nitrogens with one attached hydrogen (secondary N) is 2. The van der Waals surface area contributed by atoms with Gasteiger partial charge in [0.1, 0.15) is 17.5 Å². The minimum Gasteiger partial charge on any atom is -0.460 e.